The molecule has 8 unspecified atom stereocenters. The summed E-state index contributed by atoms with van der Waals surface area (Å²) in [5, 5.41) is 2.62. The third kappa shape index (κ3) is 18.9. The molecule has 0 fully saturated rings. The fourth-order valence-electron chi connectivity index (χ4n) is 5.48. The van der Waals surface area contributed by atoms with Crippen LogP contribution in [0.25, 0.3) is 10.8 Å². The zero-order valence-electron chi connectivity index (χ0n) is 31.2. The summed E-state index contributed by atoms with van der Waals surface area (Å²) < 4.78 is 25.9. The van der Waals surface area contributed by atoms with Crippen molar-refractivity contribution in [3.05, 3.63) is 48.5 Å². The maximum absolute atomic E-state index is 9.19. The molecule has 1 N–H and O–H groups in total. The van der Waals surface area contributed by atoms with Crippen LogP contribution in [0.15, 0.2) is 48.5 Å². The summed E-state index contributed by atoms with van der Waals surface area (Å²) in [6, 6.07) is 16.7. The van der Waals surface area contributed by atoms with Gasteiger partial charge in [0.2, 0.25) is 0 Å². The Morgan fingerprint density at radius 1 is 0.395 bits per heavy atom. The fourth-order valence-corrected chi connectivity index (χ4v) is 5.48. The number of rotatable bonds is 10. The number of hydrogen-bond donors (Lipinski definition) is 1. The van der Waals surface area contributed by atoms with E-state index < -0.39 is 10.1 Å². The first-order valence-corrected chi connectivity index (χ1v) is 18.7. The van der Waals surface area contributed by atoms with Crippen LogP contribution in [-0.4, -0.2) is 19.2 Å². The Morgan fingerprint density at radius 3 is 0.651 bits per heavy atom. The van der Waals surface area contributed by atoms with E-state index in [2.05, 4.69) is 159 Å². The van der Waals surface area contributed by atoms with Gasteiger partial charge in [0.25, 0.3) is 10.1 Å². The lowest BCUT2D eigenvalue weighted by Gasteiger charge is -2.34. The molecule has 4 heteroatoms. The maximum atomic E-state index is 9.19. The molecule has 0 spiro atoms. The molecular formula is C39H72O3S. The second-order valence-corrected chi connectivity index (χ2v) is 16.4. The van der Waals surface area contributed by atoms with E-state index in [0.717, 1.165) is 71.0 Å². The maximum Gasteiger partial charge on any atom is 0.261 e. The van der Waals surface area contributed by atoms with Crippen molar-refractivity contribution in [2.75, 3.05) is 6.26 Å². The second kappa shape index (κ2) is 21.4. The average Bonchev–Trinajstić information content (AvgIpc) is 2.93. The SMILES string of the molecule is CC(C)C(C)C(C)C(C)C(C)C(C)C.CC(C)C(C)C(C)C(C)C(C)C(C)C.CS(=O)(=O)O.c1ccc2ccccc2c1. The van der Waals surface area contributed by atoms with Gasteiger partial charge in [0.05, 0.1) is 6.26 Å². The minimum Gasteiger partial charge on any atom is -0.286 e. The van der Waals surface area contributed by atoms with Gasteiger partial charge in [0.15, 0.2) is 0 Å². The third-order valence-corrected chi connectivity index (χ3v) is 10.8. The lowest BCUT2D eigenvalue weighted by molar-refractivity contribution is 0.150. The van der Waals surface area contributed by atoms with Gasteiger partial charge >= 0.3 is 0 Å². The Hall–Kier alpha value is -1.39. The van der Waals surface area contributed by atoms with Gasteiger partial charge in [-0.15, -0.1) is 0 Å². The molecule has 3 nitrogen and oxygen atoms in total. The minimum absolute atomic E-state index is 0.715. The van der Waals surface area contributed by atoms with Crippen molar-refractivity contribution < 1.29 is 13.0 Å². The lowest BCUT2D eigenvalue weighted by atomic mass is 9.72. The molecule has 0 aliphatic heterocycles. The van der Waals surface area contributed by atoms with Gasteiger partial charge in [-0.1, -0.05) is 159 Å². The zero-order chi connectivity index (χ0) is 34.2. The Morgan fingerprint density at radius 2 is 0.535 bits per heavy atom. The van der Waals surface area contributed by atoms with Crippen molar-refractivity contribution in [1.82, 2.24) is 0 Å². The predicted molar refractivity (Wildman–Crippen MR) is 194 cm³/mol. The fraction of sp³-hybridized carbons (Fsp3) is 0.744. The molecule has 0 radical (unpaired) electrons. The van der Waals surface area contributed by atoms with Crippen molar-refractivity contribution in [3.63, 3.8) is 0 Å². The quantitative estimate of drug-likeness (QED) is 0.269. The van der Waals surface area contributed by atoms with E-state index >= 15 is 0 Å². The molecule has 0 heterocycles. The Balaban J connectivity index is 0. The molecule has 0 amide bonds. The molecule has 2 rings (SSSR count). The van der Waals surface area contributed by atoms with Crippen molar-refractivity contribution in [1.29, 1.82) is 0 Å². The summed E-state index contributed by atoms with van der Waals surface area (Å²) >= 11 is 0. The highest BCUT2D eigenvalue weighted by Gasteiger charge is 2.27. The van der Waals surface area contributed by atoms with Gasteiger partial charge < -0.3 is 0 Å². The standard InChI is InChI=1S/2C14H30.C10H8.CH4O3S/c2*1-9(2)11(5)13(7)14(8)12(6)10(3)4;1-2-6-10-8-4-3-7-9(10)5-1;1-5(2,3)4/h2*9-14H,1-8H3;1-8H;1H3,(H,2,3,4). The second-order valence-electron chi connectivity index (χ2n) is 14.9. The molecule has 8 atom stereocenters. The first kappa shape index (κ1) is 43.7. The summed E-state index contributed by atoms with van der Waals surface area (Å²) in [5.74, 6) is 9.96. The van der Waals surface area contributed by atoms with Crippen LogP contribution in [0, 0.1) is 71.0 Å². The molecule has 2 aromatic rings. The molecule has 0 saturated carbocycles. The lowest BCUT2D eigenvalue weighted by Crippen LogP contribution is -2.27. The molecule has 2 aromatic carbocycles. The van der Waals surface area contributed by atoms with Crippen molar-refractivity contribution in [2.24, 2.45) is 71.0 Å². The van der Waals surface area contributed by atoms with Crippen LogP contribution in [0.2, 0.25) is 0 Å². The molecule has 0 saturated heterocycles. The molecule has 0 bridgehead atoms. The summed E-state index contributed by atoms with van der Waals surface area (Å²) in [4.78, 5) is 0. The summed E-state index contributed by atoms with van der Waals surface area (Å²) in [6.07, 6.45) is 0.715. The average molecular weight is 621 g/mol. The molecule has 0 aromatic heterocycles. The van der Waals surface area contributed by atoms with Crippen molar-refractivity contribution in [3.8, 4) is 0 Å². The molecule has 252 valence electrons. The smallest absolute Gasteiger partial charge is 0.261 e. The van der Waals surface area contributed by atoms with Crippen LogP contribution < -0.4 is 0 Å². The van der Waals surface area contributed by atoms with Crippen molar-refractivity contribution in [2.45, 2.75) is 111 Å². The number of fused-ring (bicyclic) bond motifs is 1. The Labute approximate surface area is 269 Å². The number of benzene rings is 2. The topological polar surface area (TPSA) is 54.4 Å². The highest BCUT2D eigenvalue weighted by atomic mass is 32.2. The predicted octanol–water partition coefficient (Wildman–Crippen LogP) is 12.0. The summed E-state index contributed by atoms with van der Waals surface area (Å²) in [7, 11) is -3.67. The molecule has 0 aliphatic carbocycles. The van der Waals surface area contributed by atoms with Crippen LogP contribution in [0.3, 0.4) is 0 Å². The van der Waals surface area contributed by atoms with E-state index in [1.165, 1.54) is 10.8 Å². The van der Waals surface area contributed by atoms with E-state index in [-0.39, 0.29) is 0 Å². The van der Waals surface area contributed by atoms with Gasteiger partial charge in [-0.2, -0.15) is 8.42 Å². The molecular weight excluding hydrogens is 548 g/mol. The summed E-state index contributed by atoms with van der Waals surface area (Å²) in [6.45, 7) is 38.0. The Bertz CT molecular complexity index is 927. The summed E-state index contributed by atoms with van der Waals surface area (Å²) in [5.41, 5.74) is 0. The van der Waals surface area contributed by atoms with Crippen LogP contribution in [0.4, 0.5) is 0 Å². The van der Waals surface area contributed by atoms with Crippen molar-refractivity contribution >= 4 is 20.9 Å². The van der Waals surface area contributed by atoms with E-state index in [0.29, 0.717) is 6.26 Å². The molecule has 0 aliphatic rings. The molecule has 43 heavy (non-hydrogen) atoms. The van der Waals surface area contributed by atoms with E-state index in [9.17, 15) is 8.42 Å². The number of hydrogen-bond acceptors (Lipinski definition) is 2. The monoisotopic (exact) mass is 621 g/mol. The largest absolute Gasteiger partial charge is 0.286 e. The van der Waals surface area contributed by atoms with E-state index in [4.69, 9.17) is 4.55 Å². The van der Waals surface area contributed by atoms with Gasteiger partial charge in [-0.3, -0.25) is 4.55 Å². The van der Waals surface area contributed by atoms with Gasteiger partial charge in [0, 0.05) is 0 Å². The van der Waals surface area contributed by atoms with Gasteiger partial charge in [-0.25, -0.2) is 0 Å². The van der Waals surface area contributed by atoms with Crippen LogP contribution in [-0.2, 0) is 10.1 Å². The zero-order valence-corrected chi connectivity index (χ0v) is 32.0. The van der Waals surface area contributed by atoms with Gasteiger partial charge in [-0.05, 0) is 81.8 Å². The first-order valence-electron chi connectivity index (χ1n) is 16.9. The third-order valence-electron chi connectivity index (χ3n) is 10.8. The minimum atomic E-state index is -3.67. The normalized spacial score (nSPS) is 17.3. The van der Waals surface area contributed by atoms with Crippen LogP contribution in [0.5, 0.6) is 0 Å². The van der Waals surface area contributed by atoms with Crippen LogP contribution in [0.1, 0.15) is 111 Å². The van der Waals surface area contributed by atoms with Gasteiger partial charge in [0.1, 0.15) is 0 Å². The van der Waals surface area contributed by atoms with E-state index in [1.54, 1.807) is 0 Å². The highest BCUT2D eigenvalue weighted by molar-refractivity contribution is 7.85. The highest BCUT2D eigenvalue weighted by Crippen LogP contribution is 2.35. The van der Waals surface area contributed by atoms with Crippen LogP contribution >= 0.6 is 0 Å². The first-order chi connectivity index (χ1) is 19.5. The Kier molecular flexibility index (Phi) is 21.7. The van der Waals surface area contributed by atoms with E-state index in [1.807, 2.05) is 0 Å².